The molecule has 1 unspecified atom stereocenters. The van der Waals surface area contributed by atoms with Crippen molar-refractivity contribution in [3.8, 4) is 39.5 Å². The molecule has 0 saturated carbocycles. The van der Waals surface area contributed by atoms with Gasteiger partial charge in [-0.25, -0.2) is 9.97 Å². The molecule has 0 N–H and O–H groups in total. The van der Waals surface area contributed by atoms with Crippen molar-refractivity contribution in [3.05, 3.63) is 182 Å². The molecule has 5 heteroatoms. The average molecular weight is 745 g/mol. The van der Waals surface area contributed by atoms with Crippen LogP contribution in [0.5, 0.6) is 0 Å². The summed E-state index contributed by atoms with van der Waals surface area (Å²) in [6, 6.07) is 56.2. The molecule has 7 aromatic carbocycles. The molecule has 1 aliphatic rings. The minimum Gasteiger partial charge on any atom is -0.455 e. The van der Waals surface area contributed by atoms with Crippen LogP contribution in [0.25, 0.3) is 111 Å². The predicted octanol–water partition coefficient (Wildman–Crippen LogP) is 14.0. The SMILES string of the molecule is CC1C=C(n2c3ccccc3c3cc(-c4ccc5c(c4)c4ccccc4n5-c4nccc(-c5ccc(-c6cccc7c6oc6ccccc67)cc5)n4)ccc32)C=CC1. The van der Waals surface area contributed by atoms with Crippen LogP contribution in [0, 0.1) is 5.92 Å². The fraction of sp³-hybridized carbons (Fsp3) is 0.0566. The second kappa shape index (κ2) is 12.8. The molecule has 58 heavy (non-hydrogen) atoms. The van der Waals surface area contributed by atoms with E-state index < -0.39 is 0 Å². The average Bonchev–Trinajstić information content (AvgIpc) is 3.94. The van der Waals surface area contributed by atoms with Gasteiger partial charge in [0.15, 0.2) is 0 Å². The molecule has 4 aromatic heterocycles. The van der Waals surface area contributed by atoms with E-state index in [0.717, 1.165) is 61.8 Å². The molecule has 4 heterocycles. The minimum absolute atomic E-state index is 0.514. The Hall–Kier alpha value is -7.50. The lowest BCUT2D eigenvalue weighted by molar-refractivity contribution is 0.670. The van der Waals surface area contributed by atoms with Crippen LogP contribution in [-0.4, -0.2) is 19.1 Å². The molecule has 0 bridgehead atoms. The molecule has 0 spiro atoms. The van der Waals surface area contributed by atoms with Gasteiger partial charge in [0.1, 0.15) is 11.2 Å². The summed E-state index contributed by atoms with van der Waals surface area (Å²) in [6.07, 6.45) is 9.90. The standard InChI is InChI=1S/C53H36N4O/c1-33-10-8-11-38(30-33)56-47-17-5-2-12-40(47)44-31-36(24-26-49(44)56)37-25-27-50-45(32-37)41-13-3-6-18-48(41)57(50)53-54-29-28-46(55-53)35-22-20-34(21-23-35)39-15-9-16-43-42-14-4-7-19-51(42)58-52(39)43/h2-9,11-33H,10H2,1H3. The number of allylic oxidation sites excluding steroid dienone is 4. The number of hydrogen-bond acceptors (Lipinski definition) is 3. The van der Waals surface area contributed by atoms with Gasteiger partial charge in [-0.2, -0.15) is 0 Å². The Kier molecular flexibility index (Phi) is 7.20. The van der Waals surface area contributed by atoms with Crippen molar-refractivity contribution in [3.63, 3.8) is 0 Å². The third kappa shape index (κ3) is 5.03. The van der Waals surface area contributed by atoms with E-state index in [-0.39, 0.29) is 0 Å². The Bertz CT molecular complexity index is 3500. The van der Waals surface area contributed by atoms with Gasteiger partial charge in [0.2, 0.25) is 5.95 Å². The maximum Gasteiger partial charge on any atom is 0.235 e. The van der Waals surface area contributed by atoms with Crippen LogP contribution in [0.15, 0.2) is 187 Å². The van der Waals surface area contributed by atoms with Crippen LogP contribution < -0.4 is 0 Å². The molecule has 1 aliphatic carbocycles. The Morgan fingerprint density at radius 3 is 1.88 bits per heavy atom. The minimum atomic E-state index is 0.514. The highest BCUT2D eigenvalue weighted by Gasteiger charge is 2.19. The lowest BCUT2D eigenvalue weighted by Gasteiger charge is -2.15. The Balaban J connectivity index is 0.933. The fourth-order valence-electron chi connectivity index (χ4n) is 9.18. The summed E-state index contributed by atoms with van der Waals surface area (Å²) in [6.45, 7) is 2.29. The van der Waals surface area contributed by atoms with Crippen LogP contribution in [0.1, 0.15) is 13.3 Å². The number of rotatable bonds is 5. The summed E-state index contributed by atoms with van der Waals surface area (Å²) in [5.74, 6) is 1.15. The highest BCUT2D eigenvalue weighted by atomic mass is 16.3. The van der Waals surface area contributed by atoms with Gasteiger partial charge in [-0.15, -0.1) is 0 Å². The quantitative estimate of drug-likeness (QED) is 0.176. The van der Waals surface area contributed by atoms with Gasteiger partial charge in [-0.05, 0) is 83.6 Å². The first-order chi connectivity index (χ1) is 28.7. The molecular weight excluding hydrogens is 709 g/mol. The summed E-state index contributed by atoms with van der Waals surface area (Å²) >= 11 is 0. The number of nitrogens with zero attached hydrogens (tertiary/aromatic N) is 4. The summed E-state index contributed by atoms with van der Waals surface area (Å²) < 4.78 is 11.0. The first-order valence-corrected chi connectivity index (χ1v) is 20.0. The second-order valence-electron chi connectivity index (χ2n) is 15.5. The monoisotopic (exact) mass is 744 g/mol. The zero-order valence-electron chi connectivity index (χ0n) is 31.8. The summed E-state index contributed by atoms with van der Waals surface area (Å²) in [5, 5.41) is 7.11. The van der Waals surface area contributed by atoms with Crippen molar-refractivity contribution in [2.24, 2.45) is 5.92 Å². The first kappa shape index (κ1) is 32.7. The molecule has 0 radical (unpaired) electrons. The Labute approximate surface area is 334 Å². The molecule has 0 amide bonds. The second-order valence-corrected chi connectivity index (χ2v) is 15.5. The number of benzene rings is 7. The number of aromatic nitrogens is 4. The molecule has 274 valence electrons. The van der Waals surface area contributed by atoms with Crippen molar-refractivity contribution in [2.45, 2.75) is 13.3 Å². The Morgan fingerprint density at radius 1 is 0.534 bits per heavy atom. The number of hydrogen-bond donors (Lipinski definition) is 0. The van der Waals surface area contributed by atoms with E-state index in [2.05, 4.69) is 174 Å². The van der Waals surface area contributed by atoms with E-state index >= 15 is 0 Å². The lowest BCUT2D eigenvalue weighted by Crippen LogP contribution is -2.01. The lowest BCUT2D eigenvalue weighted by atomic mass is 10.00. The highest BCUT2D eigenvalue weighted by Crippen LogP contribution is 2.40. The molecule has 0 saturated heterocycles. The van der Waals surface area contributed by atoms with E-state index in [1.54, 1.807) is 0 Å². The van der Waals surface area contributed by atoms with Gasteiger partial charge in [0.05, 0.1) is 27.8 Å². The maximum absolute atomic E-state index is 6.34. The van der Waals surface area contributed by atoms with Crippen molar-refractivity contribution in [1.82, 2.24) is 19.1 Å². The maximum atomic E-state index is 6.34. The van der Waals surface area contributed by atoms with E-state index in [4.69, 9.17) is 14.4 Å². The first-order valence-electron chi connectivity index (χ1n) is 20.0. The van der Waals surface area contributed by atoms with E-state index in [1.807, 2.05) is 24.4 Å². The van der Waals surface area contributed by atoms with Crippen molar-refractivity contribution in [2.75, 3.05) is 0 Å². The van der Waals surface area contributed by atoms with Crippen LogP contribution in [0.4, 0.5) is 0 Å². The van der Waals surface area contributed by atoms with Gasteiger partial charge in [0, 0.05) is 55.3 Å². The fourth-order valence-corrected chi connectivity index (χ4v) is 9.18. The number of para-hydroxylation sites is 4. The molecule has 1 atom stereocenters. The zero-order chi connectivity index (χ0) is 38.3. The van der Waals surface area contributed by atoms with Crippen molar-refractivity contribution >= 4 is 71.2 Å². The van der Waals surface area contributed by atoms with Gasteiger partial charge in [0.25, 0.3) is 0 Å². The number of fused-ring (bicyclic) bond motifs is 9. The molecular formula is C53H36N4O. The summed E-state index contributed by atoms with van der Waals surface area (Å²) in [4.78, 5) is 10.0. The van der Waals surface area contributed by atoms with Crippen LogP contribution in [-0.2, 0) is 0 Å². The van der Waals surface area contributed by atoms with Gasteiger partial charge in [-0.3, -0.25) is 4.57 Å². The molecule has 5 nitrogen and oxygen atoms in total. The third-order valence-corrected chi connectivity index (χ3v) is 11.9. The van der Waals surface area contributed by atoms with Crippen molar-refractivity contribution in [1.29, 1.82) is 0 Å². The van der Waals surface area contributed by atoms with E-state index in [1.165, 1.54) is 49.4 Å². The molecule has 0 aliphatic heterocycles. The van der Waals surface area contributed by atoms with E-state index in [0.29, 0.717) is 11.9 Å². The summed E-state index contributed by atoms with van der Waals surface area (Å²) in [5.41, 5.74) is 14.1. The van der Waals surface area contributed by atoms with Crippen molar-refractivity contribution < 1.29 is 4.42 Å². The normalized spacial score (nSPS) is 14.4. The largest absolute Gasteiger partial charge is 0.455 e. The van der Waals surface area contributed by atoms with Gasteiger partial charge < -0.3 is 8.98 Å². The van der Waals surface area contributed by atoms with Crippen LogP contribution in [0.3, 0.4) is 0 Å². The molecule has 0 fully saturated rings. The van der Waals surface area contributed by atoms with Gasteiger partial charge in [-0.1, -0.05) is 128 Å². The number of furan rings is 1. The van der Waals surface area contributed by atoms with Crippen LogP contribution >= 0.6 is 0 Å². The van der Waals surface area contributed by atoms with Gasteiger partial charge >= 0.3 is 0 Å². The summed E-state index contributed by atoms with van der Waals surface area (Å²) in [7, 11) is 0. The third-order valence-electron chi connectivity index (χ3n) is 11.9. The van der Waals surface area contributed by atoms with E-state index in [9.17, 15) is 0 Å². The topological polar surface area (TPSA) is 48.8 Å². The predicted molar refractivity (Wildman–Crippen MR) is 240 cm³/mol. The smallest absolute Gasteiger partial charge is 0.235 e. The molecule has 12 rings (SSSR count). The highest BCUT2D eigenvalue weighted by molar-refractivity contribution is 6.13. The van der Waals surface area contributed by atoms with Crippen LogP contribution in [0.2, 0.25) is 0 Å². The molecule has 11 aromatic rings. The Morgan fingerprint density at radius 2 is 1.14 bits per heavy atom. The zero-order valence-corrected chi connectivity index (χ0v) is 31.8.